The van der Waals surface area contributed by atoms with Crippen molar-refractivity contribution in [3.63, 3.8) is 0 Å². The van der Waals surface area contributed by atoms with Crippen LogP contribution in [0.1, 0.15) is 15.9 Å². The molecule has 0 saturated carbocycles. The van der Waals surface area contributed by atoms with Crippen molar-refractivity contribution >= 4 is 5.78 Å². The second-order valence-electron chi connectivity index (χ2n) is 4.47. The van der Waals surface area contributed by atoms with Gasteiger partial charge in [-0.2, -0.15) is 0 Å². The molecular weight excluding hydrogens is 313 g/mol. The van der Waals surface area contributed by atoms with Crippen molar-refractivity contribution in [3.05, 3.63) is 53.6 Å². The van der Waals surface area contributed by atoms with Gasteiger partial charge in [0, 0.05) is 11.6 Å². The van der Waals surface area contributed by atoms with Crippen LogP contribution in [0, 0.1) is 0 Å². The Morgan fingerprint density at radius 3 is 2.04 bits per heavy atom. The monoisotopic (exact) mass is 326 g/mol. The molecule has 0 aliphatic rings. The van der Waals surface area contributed by atoms with E-state index in [0.29, 0.717) is 11.5 Å². The minimum atomic E-state index is -4.89. The van der Waals surface area contributed by atoms with Crippen molar-refractivity contribution in [3.8, 4) is 17.2 Å². The number of ether oxygens (including phenoxy) is 3. The highest BCUT2D eigenvalue weighted by molar-refractivity contribution is 6.11. The number of benzene rings is 2. The third-order valence-corrected chi connectivity index (χ3v) is 2.97. The molecule has 23 heavy (non-hydrogen) atoms. The topological polar surface area (TPSA) is 44.8 Å². The summed E-state index contributed by atoms with van der Waals surface area (Å²) in [5.74, 6) is -0.502. The zero-order valence-electron chi connectivity index (χ0n) is 12.3. The lowest BCUT2D eigenvalue weighted by atomic mass is 10.0. The van der Waals surface area contributed by atoms with Crippen LogP contribution < -0.4 is 14.2 Å². The van der Waals surface area contributed by atoms with Gasteiger partial charge in [-0.05, 0) is 24.3 Å². The molecule has 4 nitrogen and oxygen atoms in total. The van der Waals surface area contributed by atoms with Gasteiger partial charge < -0.3 is 14.2 Å². The number of carbonyl (C=O) groups excluding carboxylic acids is 1. The maximum Gasteiger partial charge on any atom is 0.573 e. The summed E-state index contributed by atoms with van der Waals surface area (Å²) >= 11 is 0. The minimum Gasteiger partial charge on any atom is -0.497 e. The van der Waals surface area contributed by atoms with Crippen molar-refractivity contribution in [2.75, 3.05) is 14.2 Å². The number of alkyl halides is 3. The van der Waals surface area contributed by atoms with Crippen LogP contribution in [0.5, 0.6) is 17.2 Å². The van der Waals surface area contributed by atoms with E-state index in [9.17, 15) is 18.0 Å². The SMILES string of the molecule is COc1cc(OC)cc(C(=O)c2ccccc2OC(F)(F)F)c1. The maximum atomic E-state index is 12.5. The number of para-hydroxylation sites is 1. The molecule has 0 amide bonds. The molecule has 0 aromatic heterocycles. The van der Waals surface area contributed by atoms with Crippen LogP contribution in [0.2, 0.25) is 0 Å². The number of ketones is 1. The number of methoxy groups -OCH3 is 2. The van der Waals surface area contributed by atoms with Gasteiger partial charge in [0.2, 0.25) is 0 Å². The van der Waals surface area contributed by atoms with Crippen LogP contribution in [0.4, 0.5) is 13.2 Å². The third-order valence-electron chi connectivity index (χ3n) is 2.97. The van der Waals surface area contributed by atoms with E-state index >= 15 is 0 Å². The standard InChI is InChI=1S/C16H13F3O4/c1-21-11-7-10(8-12(9-11)22-2)15(20)13-5-3-4-6-14(13)23-16(17,18)19/h3-9H,1-2H3. The van der Waals surface area contributed by atoms with E-state index in [-0.39, 0.29) is 11.1 Å². The molecule has 0 unspecified atom stereocenters. The second kappa shape index (κ2) is 6.60. The number of halogens is 3. The average Bonchev–Trinajstić information content (AvgIpc) is 2.52. The lowest BCUT2D eigenvalue weighted by Gasteiger charge is -2.13. The van der Waals surface area contributed by atoms with Crippen molar-refractivity contribution in [1.82, 2.24) is 0 Å². The van der Waals surface area contributed by atoms with Gasteiger partial charge in [-0.3, -0.25) is 4.79 Å². The fourth-order valence-electron chi connectivity index (χ4n) is 1.96. The van der Waals surface area contributed by atoms with E-state index in [1.54, 1.807) is 6.07 Å². The zero-order valence-corrected chi connectivity index (χ0v) is 12.3. The van der Waals surface area contributed by atoms with Gasteiger partial charge >= 0.3 is 6.36 Å². The molecule has 0 aliphatic heterocycles. The Hall–Kier alpha value is -2.70. The molecule has 7 heteroatoms. The molecule has 2 rings (SSSR count). The Morgan fingerprint density at radius 2 is 1.52 bits per heavy atom. The third kappa shape index (κ3) is 4.15. The van der Waals surface area contributed by atoms with E-state index in [1.165, 1.54) is 44.6 Å². The van der Waals surface area contributed by atoms with E-state index < -0.39 is 17.9 Å². The molecule has 2 aromatic carbocycles. The largest absolute Gasteiger partial charge is 0.573 e. The van der Waals surface area contributed by atoms with E-state index in [0.717, 1.165) is 6.07 Å². The van der Waals surface area contributed by atoms with Gasteiger partial charge in [-0.1, -0.05) is 12.1 Å². The summed E-state index contributed by atoms with van der Waals surface area (Å²) in [6.45, 7) is 0. The molecule has 0 aliphatic carbocycles. The van der Waals surface area contributed by atoms with E-state index in [2.05, 4.69) is 4.74 Å². The van der Waals surface area contributed by atoms with Crippen molar-refractivity contribution in [2.24, 2.45) is 0 Å². The van der Waals surface area contributed by atoms with Crippen molar-refractivity contribution in [1.29, 1.82) is 0 Å². The first-order valence-corrected chi connectivity index (χ1v) is 6.46. The highest BCUT2D eigenvalue weighted by Crippen LogP contribution is 2.30. The molecule has 0 heterocycles. The Morgan fingerprint density at radius 1 is 0.957 bits per heavy atom. The fraction of sp³-hybridized carbons (Fsp3) is 0.188. The molecule has 122 valence electrons. The van der Waals surface area contributed by atoms with Gasteiger partial charge in [0.25, 0.3) is 0 Å². The highest BCUT2D eigenvalue weighted by Gasteiger charge is 2.33. The number of hydrogen-bond donors (Lipinski definition) is 0. The summed E-state index contributed by atoms with van der Waals surface area (Å²) in [5.41, 5.74) is -0.0837. The summed E-state index contributed by atoms with van der Waals surface area (Å²) < 4.78 is 51.4. The first-order valence-electron chi connectivity index (χ1n) is 6.46. The first kappa shape index (κ1) is 16.7. The molecule has 0 spiro atoms. The molecule has 0 fully saturated rings. The van der Waals surface area contributed by atoms with Crippen LogP contribution in [0.3, 0.4) is 0 Å². The molecular formula is C16H13F3O4. The lowest BCUT2D eigenvalue weighted by molar-refractivity contribution is -0.274. The number of hydrogen-bond acceptors (Lipinski definition) is 4. The summed E-state index contributed by atoms with van der Waals surface area (Å²) in [6, 6.07) is 9.52. The number of carbonyl (C=O) groups is 1. The van der Waals surface area contributed by atoms with Gasteiger partial charge in [0.05, 0.1) is 19.8 Å². The zero-order chi connectivity index (χ0) is 17.0. The quantitative estimate of drug-likeness (QED) is 0.783. The summed E-state index contributed by atoms with van der Waals surface area (Å²) in [5, 5.41) is 0. The minimum absolute atomic E-state index is 0.124. The van der Waals surface area contributed by atoms with Crippen LogP contribution in [-0.4, -0.2) is 26.4 Å². The van der Waals surface area contributed by atoms with Crippen LogP contribution in [0.15, 0.2) is 42.5 Å². The number of rotatable bonds is 5. The second-order valence-corrected chi connectivity index (χ2v) is 4.47. The van der Waals surface area contributed by atoms with E-state index in [4.69, 9.17) is 9.47 Å². The molecule has 0 bridgehead atoms. The van der Waals surface area contributed by atoms with Crippen LogP contribution in [0.25, 0.3) is 0 Å². The van der Waals surface area contributed by atoms with Crippen molar-refractivity contribution < 1.29 is 32.2 Å². The first-order chi connectivity index (χ1) is 10.8. The summed E-state index contributed by atoms with van der Waals surface area (Å²) in [4.78, 5) is 12.5. The average molecular weight is 326 g/mol. The Balaban J connectivity index is 2.45. The van der Waals surface area contributed by atoms with Gasteiger partial charge in [-0.25, -0.2) is 0 Å². The predicted octanol–water partition coefficient (Wildman–Crippen LogP) is 3.83. The smallest absolute Gasteiger partial charge is 0.497 e. The van der Waals surface area contributed by atoms with Gasteiger partial charge in [-0.15, -0.1) is 13.2 Å². The Kier molecular flexibility index (Phi) is 4.78. The highest BCUT2D eigenvalue weighted by atomic mass is 19.4. The van der Waals surface area contributed by atoms with Crippen LogP contribution >= 0.6 is 0 Å². The Labute approximate surface area is 130 Å². The maximum absolute atomic E-state index is 12.5. The summed E-state index contributed by atoms with van der Waals surface area (Å²) in [6.07, 6.45) is -4.89. The predicted molar refractivity (Wildman–Crippen MR) is 76.1 cm³/mol. The van der Waals surface area contributed by atoms with Gasteiger partial charge in [0.1, 0.15) is 17.2 Å². The van der Waals surface area contributed by atoms with Crippen LogP contribution in [-0.2, 0) is 0 Å². The molecule has 2 aromatic rings. The van der Waals surface area contributed by atoms with Gasteiger partial charge in [0.15, 0.2) is 5.78 Å². The normalized spacial score (nSPS) is 11.0. The molecule has 0 atom stereocenters. The Bertz CT molecular complexity index is 688. The van der Waals surface area contributed by atoms with Crippen molar-refractivity contribution in [2.45, 2.75) is 6.36 Å². The molecule has 0 saturated heterocycles. The summed E-state index contributed by atoms with van der Waals surface area (Å²) in [7, 11) is 2.81. The van der Waals surface area contributed by atoms with E-state index in [1.807, 2.05) is 0 Å². The molecule has 0 N–H and O–H groups in total. The lowest BCUT2D eigenvalue weighted by Crippen LogP contribution is -2.19. The molecule has 0 radical (unpaired) electrons. The fourth-order valence-corrected chi connectivity index (χ4v) is 1.96.